The van der Waals surface area contributed by atoms with Crippen LogP contribution in [0.25, 0.3) is 0 Å². The summed E-state index contributed by atoms with van der Waals surface area (Å²) in [5, 5.41) is 4.27. The molecule has 1 aliphatic carbocycles. The normalized spacial score (nSPS) is 23.6. The number of nitrogens with one attached hydrogen (secondary N) is 1. The van der Waals surface area contributed by atoms with Crippen molar-refractivity contribution in [3.63, 3.8) is 0 Å². The van der Waals surface area contributed by atoms with Gasteiger partial charge in [0, 0.05) is 34.5 Å². The number of nitrogens with two attached hydrogens (primary N) is 1. The largest absolute Gasteiger partial charge is 0.355 e. The molecule has 0 aliphatic heterocycles. The molecule has 0 radical (unpaired) electrons. The van der Waals surface area contributed by atoms with Gasteiger partial charge in [0.05, 0.1) is 0 Å². The highest BCUT2D eigenvalue weighted by molar-refractivity contribution is 6.36. The maximum absolute atomic E-state index is 12.1. The molecular formula is C15H20Cl2N2O. The predicted molar refractivity (Wildman–Crippen MR) is 83.2 cm³/mol. The molecule has 110 valence electrons. The van der Waals surface area contributed by atoms with Gasteiger partial charge in [-0.25, -0.2) is 0 Å². The van der Waals surface area contributed by atoms with Crippen molar-refractivity contribution in [3.05, 3.63) is 33.8 Å². The minimum Gasteiger partial charge on any atom is -0.355 e. The van der Waals surface area contributed by atoms with Gasteiger partial charge in [0.2, 0.25) is 5.91 Å². The molecule has 2 rings (SSSR count). The Morgan fingerprint density at radius 1 is 1.40 bits per heavy atom. The van der Waals surface area contributed by atoms with Crippen LogP contribution in [0.5, 0.6) is 0 Å². The maximum atomic E-state index is 12.1. The number of hydrogen-bond acceptors (Lipinski definition) is 2. The molecule has 3 N–H and O–H groups in total. The standard InChI is InChI=1S/C15H20Cl2N2O/c1-9(14-12(16)3-2-4-13(14)17)8-19-15(20)10-5-6-11(18)7-10/h2-4,9-11H,5-8,18H2,1H3,(H,19,20). The van der Waals surface area contributed by atoms with Gasteiger partial charge in [-0.15, -0.1) is 0 Å². The van der Waals surface area contributed by atoms with Crippen molar-refractivity contribution >= 4 is 29.1 Å². The fourth-order valence-corrected chi connectivity index (χ4v) is 3.51. The second-order valence-electron chi connectivity index (χ2n) is 5.55. The lowest BCUT2D eigenvalue weighted by atomic mass is 10.00. The van der Waals surface area contributed by atoms with Crippen LogP contribution in [-0.2, 0) is 4.79 Å². The molecule has 1 saturated carbocycles. The SMILES string of the molecule is CC(CNC(=O)C1CCC(N)C1)c1c(Cl)cccc1Cl. The van der Waals surface area contributed by atoms with Gasteiger partial charge in [0.15, 0.2) is 0 Å². The Bertz CT molecular complexity index is 473. The first-order valence-electron chi connectivity index (χ1n) is 6.96. The van der Waals surface area contributed by atoms with E-state index in [9.17, 15) is 4.79 Å². The van der Waals surface area contributed by atoms with Gasteiger partial charge in [0.25, 0.3) is 0 Å². The van der Waals surface area contributed by atoms with E-state index >= 15 is 0 Å². The average molecular weight is 315 g/mol. The third-order valence-corrected chi connectivity index (χ3v) is 4.58. The van der Waals surface area contributed by atoms with Crippen molar-refractivity contribution in [2.75, 3.05) is 6.54 Å². The summed E-state index contributed by atoms with van der Waals surface area (Å²) >= 11 is 12.3. The lowest BCUT2D eigenvalue weighted by Gasteiger charge is -2.17. The van der Waals surface area contributed by atoms with Crippen molar-refractivity contribution in [3.8, 4) is 0 Å². The summed E-state index contributed by atoms with van der Waals surface area (Å²) in [6.07, 6.45) is 2.60. The summed E-state index contributed by atoms with van der Waals surface area (Å²) in [5.74, 6) is 0.224. The summed E-state index contributed by atoms with van der Waals surface area (Å²) in [6, 6.07) is 5.62. The highest BCUT2D eigenvalue weighted by Gasteiger charge is 2.27. The molecule has 3 nitrogen and oxygen atoms in total. The summed E-state index contributed by atoms with van der Waals surface area (Å²) in [7, 11) is 0. The smallest absolute Gasteiger partial charge is 0.223 e. The van der Waals surface area contributed by atoms with E-state index in [1.807, 2.05) is 25.1 Å². The van der Waals surface area contributed by atoms with E-state index in [2.05, 4.69) is 5.32 Å². The minimum atomic E-state index is 0.0546. The van der Waals surface area contributed by atoms with Crippen LogP contribution in [-0.4, -0.2) is 18.5 Å². The number of rotatable bonds is 4. The lowest BCUT2D eigenvalue weighted by molar-refractivity contribution is -0.124. The zero-order valence-corrected chi connectivity index (χ0v) is 13.0. The highest BCUT2D eigenvalue weighted by atomic mass is 35.5. The number of carbonyl (C=O) groups is 1. The fraction of sp³-hybridized carbons (Fsp3) is 0.533. The lowest BCUT2D eigenvalue weighted by Crippen LogP contribution is -2.33. The molecule has 5 heteroatoms. The Kier molecular flexibility index (Phi) is 5.30. The number of benzene rings is 1. The Balaban J connectivity index is 1.92. The molecule has 1 amide bonds. The first kappa shape index (κ1) is 15.6. The van der Waals surface area contributed by atoms with Crippen molar-refractivity contribution in [2.45, 2.75) is 38.1 Å². The van der Waals surface area contributed by atoms with Crippen LogP contribution in [0, 0.1) is 5.92 Å². The molecule has 0 spiro atoms. The van der Waals surface area contributed by atoms with E-state index in [-0.39, 0.29) is 23.8 Å². The molecule has 3 unspecified atom stereocenters. The van der Waals surface area contributed by atoms with Gasteiger partial charge in [-0.3, -0.25) is 4.79 Å². The molecule has 1 aliphatic rings. The van der Waals surface area contributed by atoms with Crippen LogP contribution < -0.4 is 11.1 Å². The van der Waals surface area contributed by atoms with Gasteiger partial charge in [0.1, 0.15) is 0 Å². The summed E-state index contributed by atoms with van der Waals surface area (Å²) < 4.78 is 0. The molecule has 1 aromatic carbocycles. The van der Waals surface area contributed by atoms with Gasteiger partial charge in [-0.05, 0) is 37.0 Å². The molecule has 0 saturated heterocycles. The van der Waals surface area contributed by atoms with Crippen LogP contribution in [0.3, 0.4) is 0 Å². The van der Waals surface area contributed by atoms with Gasteiger partial charge < -0.3 is 11.1 Å². The van der Waals surface area contributed by atoms with E-state index < -0.39 is 0 Å². The third-order valence-electron chi connectivity index (χ3n) is 3.92. The number of hydrogen-bond donors (Lipinski definition) is 2. The third kappa shape index (κ3) is 3.66. The first-order chi connectivity index (χ1) is 9.49. The van der Waals surface area contributed by atoms with E-state index in [1.54, 1.807) is 0 Å². The molecule has 0 bridgehead atoms. The summed E-state index contributed by atoms with van der Waals surface area (Å²) in [5.41, 5.74) is 6.72. The zero-order valence-electron chi connectivity index (χ0n) is 11.5. The first-order valence-corrected chi connectivity index (χ1v) is 7.71. The quantitative estimate of drug-likeness (QED) is 0.895. The molecule has 0 aromatic heterocycles. The molecular weight excluding hydrogens is 295 g/mol. The van der Waals surface area contributed by atoms with E-state index in [0.717, 1.165) is 24.8 Å². The van der Waals surface area contributed by atoms with E-state index in [1.165, 1.54) is 0 Å². The Morgan fingerprint density at radius 2 is 2.05 bits per heavy atom. The molecule has 20 heavy (non-hydrogen) atoms. The van der Waals surface area contributed by atoms with Crippen LogP contribution in [0.4, 0.5) is 0 Å². The number of amides is 1. The van der Waals surface area contributed by atoms with E-state index in [0.29, 0.717) is 16.6 Å². The molecule has 3 atom stereocenters. The zero-order chi connectivity index (χ0) is 14.7. The second kappa shape index (κ2) is 6.79. The maximum Gasteiger partial charge on any atom is 0.223 e. The average Bonchev–Trinajstić information content (AvgIpc) is 2.82. The monoisotopic (exact) mass is 314 g/mol. The Hall–Kier alpha value is -0.770. The van der Waals surface area contributed by atoms with Crippen molar-refractivity contribution in [1.82, 2.24) is 5.32 Å². The van der Waals surface area contributed by atoms with Gasteiger partial charge >= 0.3 is 0 Å². The fourth-order valence-electron chi connectivity index (χ4n) is 2.74. The minimum absolute atomic E-state index is 0.0546. The van der Waals surface area contributed by atoms with Crippen molar-refractivity contribution in [2.24, 2.45) is 11.7 Å². The Morgan fingerprint density at radius 3 is 2.60 bits per heavy atom. The van der Waals surface area contributed by atoms with Gasteiger partial charge in [-0.1, -0.05) is 36.2 Å². The molecule has 1 aromatic rings. The Labute approximate surface area is 129 Å². The van der Waals surface area contributed by atoms with Crippen LogP contribution >= 0.6 is 23.2 Å². The summed E-state index contributed by atoms with van der Waals surface area (Å²) in [6.45, 7) is 2.54. The van der Waals surface area contributed by atoms with Crippen LogP contribution in [0.1, 0.15) is 37.7 Å². The predicted octanol–water partition coefficient (Wildman–Crippen LogP) is 3.34. The highest BCUT2D eigenvalue weighted by Crippen LogP contribution is 2.31. The van der Waals surface area contributed by atoms with E-state index in [4.69, 9.17) is 28.9 Å². The van der Waals surface area contributed by atoms with Crippen LogP contribution in [0.2, 0.25) is 10.0 Å². The number of carbonyl (C=O) groups excluding carboxylic acids is 1. The van der Waals surface area contributed by atoms with Crippen molar-refractivity contribution < 1.29 is 4.79 Å². The van der Waals surface area contributed by atoms with Crippen molar-refractivity contribution in [1.29, 1.82) is 0 Å². The molecule has 1 fully saturated rings. The van der Waals surface area contributed by atoms with Crippen LogP contribution in [0.15, 0.2) is 18.2 Å². The topological polar surface area (TPSA) is 55.1 Å². The number of halogens is 2. The molecule has 0 heterocycles. The second-order valence-corrected chi connectivity index (χ2v) is 6.37. The summed E-state index contributed by atoms with van der Waals surface area (Å²) in [4.78, 5) is 12.1. The van der Waals surface area contributed by atoms with Gasteiger partial charge in [-0.2, -0.15) is 0 Å².